The van der Waals surface area contributed by atoms with E-state index in [1.807, 2.05) is 0 Å². The number of benzene rings is 2. The summed E-state index contributed by atoms with van der Waals surface area (Å²) in [6, 6.07) is 9.43. The molecule has 2 aromatic carbocycles. The molecular weight excluding hydrogens is 335 g/mol. The molecule has 0 radical (unpaired) electrons. The van der Waals surface area contributed by atoms with Crippen molar-refractivity contribution < 1.29 is 22.7 Å². The van der Waals surface area contributed by atoms with E-state index in [0.717, 1.165) is 12.1 Å². The lowest BCUT2D eigenvalue weighted by molar-refractivity contribution is 0.0697. The number of rotatable bonds is 3. The Morgan fingerprint density at radius 1 is 1.17 bits per heavy atom. The first kappa shape index (κ1) is 16.1. The zero-order chi connectivity index (χ0) is 17.3. The monoisotopic (exact) mass is 348 g/mol. The molecule has 3 rings (SSSR count). The van der Waals surface area contributed by atoms with E-state index >= 15 is 0 Å². The third-order valence-corrected chi connectivity index (χ3v) is 5.41. The van der Waals surface area contributed by atoms with Gasteiger partial charge in [0.05, 0.1) is 27.6 Å². The van der Waals surface area contributed by atoms with Crippen molar-refractivity contribution >= 4 is 27.2 Å². The summed E-state index contributed by atoms with van der Waals surface area (Å²) in [5.74, 6) is -1.66. The molecule has 0 fully saturated rings. The molecule has 124 valence electrons. The quantitative estimate of drug-likeness (QED) is 0.656. The number of anilines is 1. The minimum Gasteiger partial charge on any atom is -0.478 e. The van der Waals surface area contributed by atoms with Gasteiger partial charge in [-0.1, -0.05) is 0 Å². The maximum atomic E-state index is 13.5. The van der Waals surface area contributed by atoms with Gasteiger partial charge >= 0.3 is 5.97 Å². The lowest BCUT2D eigenvalue weighted by Gasteiger charge is -2.18. The Labute approximate surface area is 137 Å². The van der Waals surface area contributed by atoms with Gasteiger partial charge in [0.2, 0.25) is 0 Å². The van der Waals surface area contributed by atoms with Crippen LogP contribution in [0.5, 0.6) is 0 Å². The van der Waals surface area contributed by atoms with Crippen LogP contribution in [0.1, 0.15) is 22.3 Å². The molecule has 1 aliphatic heterocycles. The summed E-state index contributed by atoms with van der Waals surface area (Å²) in [4.78, 5) is 10.9. The minimum atomic E-state index is -3.43. The first-order valence-corrected chi connectivity index (χ1v) is 8.71. The highest BCUT2D eigenvalue weighted by molar-refractivity contribution is 7.91. The van der Waals surface area contributed by atoms with Crippen LogP contribution in [0, 0.1) is 5.82 Å². The summed E-state index contributed by atoms with van der Waals surface area (Å²) < 4.78 is 37.6. The lowest BCUT2D eigenvalue weighted by Crippen LogP contribution is -2.23. The fourth-order valence-corrected chi connectivity index (χ4v) is 3.88. The Bertz CT molecular complexity index is 937. The normalized spacial score (nSPS) is 17.3. The number of aromatic carboxylic acids is 1. The fourth-order valence-electron chi connectivity index (χ4n) is 2.41. The molecule has 0 spiro atoms. The maximum Gasteiger partial charge on any atom is 0.335 e. The van der Waals surface area contributed by atoms with Gasteiger partial charge in [-0.25, -0.2) is 17.6 Å². The molecule has 6 nitrogen and oxygen atoms in total. The van der Waals surface area contributed by atoms with E-state index in [-0.39, 0.29) is 28.2 Å². The highest BCUT2D eigenvalue weighted by Gasteiger charge is 2.28. The summed E-state index contributed by atoms with van der Waals surface area (Å²) in [5, 5.41) is 13.0. The van der Waals surface area contributed by atoms with Crippen LogP contribution in [0.3, 0.4) is 0 Å². The average molecular weight is 348 g/mol. The first-order valence-electron chi connectivity index (χ1n) is 7.05. The third kappa shape index (κ3) is 3.13. The van der Waals surface area contributed by atoms with Crippen molar-refractivity contribution in [2.24, 2.45) is 5.10 Å². The number of nitrogens with zero attached hydrogens (tertiary/aromatic N) is 1. The van der Waals surface area contributed by atoms with Gasteiger partial charge < -0.3 is 5.11 Å². The minimum absolute atomic E-state index is 0.0666. The molecule has 8 heteroatoms. The number of fused-ring (bicyclic) bond motifs is 1. The van der Waals surface area contributed by atoms with Crippen LogP contribution in [0.25, 0.3) is 0 Å². The van der Waals surface area contributed by atoms with Crippen LogP contribution < -0.4 is 5.43 Å². The fraction of sp³-hybridized carbons (Fsp3) is 0.125. The molecular formula is C16H13FN2O4S. The van der Waals surface area contributed by atoms with Crippen molar-refractivity contribution in [1.82, 2.24) is 0 Å². The summed E-state index contributed by atoms with van der Waals surface area (Å²) in [6.07, 6.45) is 0.166. The number of carbonyl (C=O) groups is 1. The Balaban J connectivity index is 1.91. The third-order valence-electron chi connectivity index (χ3n) is 3.65. The Kier molecular flexibility index (Phi) is 4.06. The zero-order valence-corrected chi connectivity index (χ0v) is 13.2. The molecule has 2 aromatic rings. The van der Waals surface area contributed by atoms with Gasteiger partial charge in [0.25, 0.3) is 0 Å². The zero-order valence-electron chi connectivity index (χ0n) is 12.4. The summed E-state index contributed by atoms with van der Waals surface area (Å²) in [6.45, 7) is 0. The van der Waals surface area contributed by atoms with E-state index in [9.17, 15) is 17.6 Å². The SMILES string of the molecule is O=C(O)c1ccc(NN=C2CCS(=O)(=O)c3ccc(F)cc32)cc1. The van der Waals surface area contributed by atoms with Crippen molar-refractivity contribution in [2.45, 2.75) is 11.3 Å². The topological polar surface area (TPSA) is 95.8 Å². The van der Waals surface area contributed by atoms with Crippen LogP contribution in [-0.4, -0.2) is 31.0 Å². The number of nitrogens with one attached hydrogen (secondary N) is 1. The second kappa shape index (κ2) is 6.04. The van der Waals surface area contributed by atoms with E-state index in [4.69, 9.17) is 5.11 Å². The molecule has 1 aliphatic rings. The van der Waals surface area contributed by atoms with Crippen LogP contribution in [0.4, 0.5) is 10.1 Å². The molecule has 0 atom stereocenters. The molecule has 24 heavy (non-hydrogen) atoms. The number of hydrogen-bond acceptors (Lipinski definition) is 5. The van der Waals surface area contributed by atoms with E-state index in [1.54, 1.807) is 12.1 Å². The molecule has 0 unspecified atom stereocenters. The predicted molar refractivity (Wildman–Crippen MR) is 86.6 cm³/mol. The second-order valence-electron chi connectivity index (χ2n) is 5.26. The van der Waals surface area contributed by atoms with Crippen molar-refractivity contribution in [3.8, 4) is 0 Å². The Morgan fingerprint density at radius 2 is 1.88 bits per heavy atom. The van der Waals surface area contributed by atoms with Crippen molar-refractivity contribution in [1.29, 1.82) is 0 Å². The molecule has 2 N–H and O–H groups in total. The summed E-state index contributed by atoms with van der Waals surface area (Å²) in [7, 11) is -3.43. The number of carboxylic acid groups (broad SMARTS) is 1. The van der Waals surface area contributed by atoms with Gasteiger partial charge in [0.1, 0.15) is 5.82 Å². The van der Waals surface area contributed by atoms with Gasteiger partial charge in [-0.3, -0.25) is 5.43 Å². The van der Waals surface area contributed by atoms with Crippen molar-refractivity contribution in [2.75, 3.05) is 11.2 Å². The Hall–Kier alpha value is -2.74. The van der Waals surface area contributed by atoms with Gasteiger partial charge in [-0.15, -0.1) is 0 Å². The predicted octanol–water partition coefficient (Wildman–Crippen LogP) is 2.52. The largest absolute Gasteiger partial charge is 0.478 e. The number of sulfone groups is 1. The van der Waals surface area contributed by atoms with Crippen LogP contribution in [0.15, 0.2) is 52.5 Å². The second-order valence-corrected chi connectivity index (χ2v) is 7.34. The Morgan fingerprint density at radius 3 is 2.54 bits per heavy atom. The molecule has 0 aromatic heterocycles. The van der Waals surface area contributed by atoms with Crippen LogP contribution in [0.2, 0.25) is 0 Å². The van der Waals surface area contributed by atoms with Crippen LogP contribution >= 0.6 is 0 Å². The number of halogens is 1. The summed E-state index contributed by atoms with van der Waals surface area (Å²) in [5.41, 5.74) is 4.11. The molecule has 0 saturated heterocycles. The summed E-state index contributed by atoms with van der Waals surface area (Å²) >= 11 is 0. The molecule has 0 aliphatic carbocycles. The molecule has 1 heterocycles. The van der Waals surface area contributed by atoms with Gasteiger partial charge in [0.15, 0.2) is 9.84 Å². The highest BCUT2D eigenvalue weighted by atomic mass is 32.2. The smallest absolute Gasteiger partial charge is 0.335 e. The van der Waals surface area contributed by atoms with E-state index in [2.05, 4.69) is 10.5 Å². The molecule has 0 amide bonds. The van der Waals surface area contributed by atoms with E-state index in [0.29, 0.717) is 11.4 Å². The van der Waals surface area contributed by atoms with Gasteiger partial charge in [-0.2, -0.15) is 5.10 Å². The van der Waals surface area contributed by atoms with Gasteiger partial charge in [0, 0.05) is 12.0 Å². The lowest BCUT2D eigenvalue weighted by atomic mass is 10.1. The van der Waals surface area contributed by atoms with E-state index in [1.165, 1.54) is 18.2 Å². The molecule has 0 bridgehead atoms. The van der Waals surface area contributed by atoms with E-state index < -0.39 is 21.6 Å². The number of carboxylic acids is 1. The molecule has 0 saturated carbocycles. The standard InChI is InChI=1S/C16H13FN2O4S/c17-11-3-6-15-13(9-11)14(7-8-24(15,22)23)19-18-12-4-1-10(2-5-12)16(20)21/h1-6,9,18H,7-8H2,(H,20,21). The number of hydrazone groups is 1. The van der Waals surface area contributed by atoms with Crippen LogP contribution in [-0.2, 0) is 9.84 Å². The maximum absolute atomic E-state index is 13.5. The number of hydrogen-bond donors (Lipinski definition) is 2. The average Bonchev–Trinajstić information content (AvgIpc) is 2.54. The van der Waals surface area contributed by atoms with Crippen molar-refractivity contribution in [3.63, 3.8) is 0 Å². The van der Waals surface area contributed by atoms with Crippen molar-refractivity contribution in [3.05, 3.63) is 59.4 Å². The highest BCUT2D eigenvalue weighted by Crippen LogP contribution is 2.26. The van der Waals surface area contributed by atoms with Gasteiger partial charge in [-0.05, 0) is 42.5 Å². The first-order chi connectivity index (χ1) is 11.4.